The summed E-state index contributed by atoms with van der Waals surface area (Å²) in [5.74, 6) is 0.195. The Labute approximate surface area is 103 Å². The van der Waals surface area contributed by atoms with E-state index in [2.05, 4.69) is 10.0 Å². The van der Waals surface area contributed by atoms with Gasteiger partial charge in [-0.05, 0) is 18.8 Å². The van der Waals surface area contributed by atoms with E-state index in [4.69, 9.17) is 5.73 Å². The first-order valence-corrected chi connectivity index (χ1v) is 7.59. The Morgan fingerprint density at radius 1 is 1.29 bits per heavy atom. The lowest BCUT2D eigenvalue weighted by atomic mass is 10.0. The van der Waals surface area contributed by atoms with Crippen LogP contribution in [0.15, 0.2) is 0 Å². The third-order valence-electron chi connectivity index (χ3n) is 2.08. The quantitative estimate of drug-likeness (QED) is 0.511. The second-order valence-corrected chi connectivity index (χ2v) is 6.38. The van der Waals surface area contributed by atoms with Gasteiger partial charge in [0.05, 0.1) is 12.3 Å². The Morgan fingerprint density at radius 3 is 2.35 bits per heavy atom. The van der Waals surface area contributed by atoms with E-state index >= 15 is 0 Å². The molecular weight excluding hydrogens is 242 g/mol. The molecule has 0 unspecified atom stereocenters. The van der Waals surface area contributed by atoms with Gasteiger partial charge in [-0.1, -0.05) is 13.8 Å². The summed E-state index contributed by atoms with van der Waals surface area (Å²) >= 11 is 0. The van der Waals surface area contributed by atoms with Crippen LogP contribution in [0.1, 0.15) is 26.7 Å². The van der Waals surface area contributed by atoms with E-state index in [0.717, 1.165) is 6.26 Å². The predicted octanol–water partition coefficient (Wildman–Crippen LogP) is -0.585. The van der Waals surface area contributed by atoms with Gasteiger partial charge in [0.2, 0.25) is 15.9 Å². The lowest BCUT2D eigenvalue weighted by molar-refractivity contribution is -0.122. The van der Waals surface area contributed by atoms with E-state index < -0.39 is 16.1 Å². The molecule has 0 aromatic heterocycles. The molecule has 0 bridgehead atoms. The fourth-order valence-electron chi connectivity index (χ4n) is 1.30. The summed E-state index contributed by atoms with van der Waals surface area (Å²) in [6, 6.07) is -0.488. The summed E-state index contributed by atoms with van der Waals surface area (Å²) in [7, 11) is -3.14. The minimum Gasteiger partial charge on any atom is -0.355 e. The van der Waals surface area contributed by atoms with Crippen LogP contribution < -0.4 is 15.8 Å². The molecule has 0 saturated carbocycles. The maximum atomic E-state index is 11.5. The third-order valence-corrected chi connectivity index (χ3v) is 2.81. The highest BCUT2D eigenvalue weighted by atomic mass is 32.2. The van der Waals surface area contributed by atoms with Crippen molar-refractivity contribution in [3.63, 3.8) is 0 Å². The Kier molecular flexibility index (Phi) is 7.33. The van der Waals surface area contributed by atoms with E-state index in [-0.39, 0.29) is 5.91 Å². The molecule has 0 radical (unpaired) electrons. The molecule has 0 aliphatic carbocycles. The van der Waals surface area contributed by atoms with Gasteiger partial charge in [-0.25, -0.2) is 13.1 Å². The second-order valence-electron chi connectivity index (χ2n) is 4.55. The van der Waals surface area contributed by atoms with Crippen molar-refractivity contribution in [1.82, 2.24) is 10.0 Å². The Balaban J connectivity index is 3.65. The molecule has 0 fully saturated rings. The highest BCUT2D eigenvalue weighted by Gasteiger charge is 2.13. The van der Waals surface area contributed by atoms with Crippen molar-refractivity contribution >= 4 is 15.9 Å². The fourth-order valence-corrected chi connectivity index (χ4v) is 1.82. The van der Waals surface area contributed by atoms with Crippen molar-refractivity contribution in [3.8, 4) is 0 Å². The maximum absolute atomic E-state index is 11.5. The Morgan fingerprint density at radius 2 is 1.88 bits per heavy atom. The third kappa shape index (κ3) is 10.2. The van der Waals surface area contributed by atoms with E-state index in [9.17, 15) is 13.2 Å². The minimum absolute atomic E-state index is 0.182. The van der Waals surface area contributed by atoms with Crippen LogP contribution in [0.3, 0.4) is 0 Å². The summed E-state index contributed by atoms with van der Waals surface area (Å²) in [6.07, 6.45) is 2.30. The molecule has 0 aliphatic rings. The topological polar surface area (TPSA) is 101 Å². The van der Waals surface area contributed by atoms with Crippen molar-refractivity contribution < 1.29 is 13.2 Å². The molecule has 102 valence electrons. The van der Waals surface area contributed by atoms with Crippen LogP contribution >= 0.6 is 0 Å². The number of nitrogens with one attached hydrogen (secondary N) is 2. The van der Waals surface area contributed by atoms with Gasteiger partial charge in [0.15, 0.2) is 0 Å². The summed E-state index contributed by atoms with van der Waals surface area (Å²) < 4.78 is 23.8. The molecule has 6 nitrogen and oxygen atoms in total. The molecule has 4 N–H and O–H groups in total. The van der Waals surface area contributed by atoms with Crippen LogP contribution in [0.5, 0.6) is 0 Å². The van der Waals surface area contributed by atoms with Gasteiger partial charge in [-0.2, -0.15) is 0 Å². The van der Waals surface area contributed by atoms with Crippen molar-refractivity contribution in [2.75, 3.05) is 19.3 Å². The number of sulfonamides is 1. The predicted molar refractivity (Wildman–Crippen MR) is 67.9 cm³/mol. The lowest BCUT2D eigenvalue weighted by Gasteiger charge is -2.14. The van der Waals surface area contributed by atoms with Crippen molar-refractivity contribution in [3.05, 3.63) is 0 Å². The maximum Gasteiger partial charge on any atom is 0.236 e. The smallest absolute Gasteiger partial charge is 0.236 e. The second kappa shape index (κ2) is 7.62. The van der Waals surface area contributed by atoms with Crippen LogP contribution in [0.25, 0.3) is 0 Å². The van der Waals surface area contributed by atoms with Crippen molar-refractivity contribution in [1.29, 1.82) is 0 Å². The lowest BCUT2D eigenvalue weighted by Crippen LogP contribution is -2.42. The van der Waals surface area contributed by atoms with Crippen LogP contribution in [0, 0.1) is 5.92 Å². The highest BCUT2D eigenvalue weighted by molar-refractivity contribution is 7.88. The zero-order valence-electron chi connectivity index (χ0n) is 10.7. The largest absolute Gasteiger partial charge is 0.355 e. The van der Waals surface area contributed by atoms with Crippen LogP contribution in [0.2, 0.25) is 0 Å². The summed E-state index contributed by atoms with van der Waals surface area (Å²) in [6.45, 7) is 4.75. The average molecular weight is 265 g/mol. The first-order chi connectivity index (χ1) is 7.72. The molecule has 0 saturated heterocycles. The molecular formula is C10H23N3O3S. The number of hydrogen-bond acceptors (Lipinski definition) is 4. The first-order valence-electron chi connectivity index (χ1n) is 5.70. The van der Waals surface area contributed by atoms with E-state index in [1.807, 2.05) is 13.8 Å². The Bertz CT molecular complexity index is 328. The monoisotopic (exact) mass is 265 g/mol. The van der Waals surface area contributed by atoms with Gasteiger partial charge >= 0.3 is 0 Å². The summed E-state index contributed by atoms with van der Waals surface area (Å²) in [4.78, 5) is 11.5. The van der Waals surface area contributed by atoms with Crippen molar-refractivity contribution in [2.45, 2.75) is 32.7 Å². The van der Waals surface area contributed by atoms with Gasteiger partial charge in [0.25, 0.3) is 0 Å². The van der Waals surface area contributed by atoms with Gasteiger partial charge in [-0.3, -0.25) is 4.79 Å². The average Bonchev–Trinajstić information content (AvgIpc) is 2.13. The first kappa shape index (κ1) is 16.3. The molecule has 7 heteroatoms. The van der Waals surface area contributed by atoms with Crippen LogP contribution in [0.4, 0.5) is 0 Å². The number of hydrogen-bond donors (Lipinski definition) is 3. The molecule has 17 heavy (non-hydrogen) atoms. The number of carbonyl (C=O) groups is 1. The zero-order chi connectivity index (χ0) is 13.5. The molecule has 0 aliphatic heterocycles. The number of nitrogens with two attached hydrogens (primary N) is 1. The van der Waals surface area contributed by atoms with E-state index in [1.54, 1.807) is 0 Å². The highest BCUT2D eigenvalue weighted by Crippen LogP contribution is 2.02. The standard InChI is InChI=1S/C10H23N3O3S/c1-8(2)7-9(11)10(14)12-5-4-6-13-17(3,15)16/h8-9,13H,4-7,11H2,1-3H3,(H,12,14)/t9-/m0/s1. The van der Waals surface area contributed by atoms with Crippen LogP contribution in [-0.2, 0) is 14.8 Å². The molecule has 0 heterocycles. The number of rotatable bonds is 8. The molecule has 0 spiro atoms. The minimum atomic E-state index is -3.14. The summed E-state index contributed by atoms with van der Waals surface area (Å²) in [5, 5.41) is 2.68. The van der Waals surface area contributed by atoms with Gasteiger partial charge in [0.1, 0.15) is 0 Å². The SMILES string of the molecule is CC(C)C[C@H](N)C(=O)NCCCNS(C)(=O)=O. The van der Waals surface area contributed by atoms with Gasteiger partial charge < -0.3 is 11.1 Å². The molecule has 0 aromatic rings. The molecule has 0 aromatic carbocycles. The zero-order valence-corrected chi connectivity index (χ0v) is 11.5. The van der Waals surface area contributed by atoms with Gasteiger partial charge in [0, 0.05) is 13.1 Å². The molecule has 1 atom stereocenters. The summed E-state index contributed by atoms with van der Waals surface area (Å²) in [5.41, 5.74) is 5.68. The van der Waals surface area contributed by atoms with E-state index in [1.165, 1.54) is 0 Å². The normalized spacial score (nSPS) is 13.7. The van der Waals surface area contributed by atoms with E-state index in [0.29, 0.717) is 31.8 Å². The molecule has 1 amide bonds. The van der Waals surface area contributed by atoms with Crippen molar-refractivity contribution in [2.24, 2.45) is 11.7 Å². The Hall–Kier alpha value is -0.660. The van der Waals surface area contributed by atoms with Gasteiger partial charge in [-0.15, -0.1) is 0 Å². The fraction of sp³-hybridized carbons (Fsp3) is 0.900. The number of carbonyl (C=O) groups excluding carboxylic acids is 1. The molecule has 0 rings (SSSR count). The number of amides is 1. The van der Waals surface area contributed by atoms with Crippen LogP contribution in [-0.4, -0.2) is 39.7 Å².